The zero-order valence-corrected chi connectivity index (χ0v) is 17.1. The molecule has 1 saturated heterocycles. The van der Waals surface area contributed by atoms with E-state index in [1.807, 2.05) is 26.0 Å². The Kier molecular flexibility index (Phi) is 4.86. The number of benzene rings is 2. The summed E-state index contributed by atoms with van der Waals surface area (Å²) >= 11 is 0. The molecule has 0 saturated carbocycles. The van der Waals surface area contributed by atoms with E-state index < -0.39 is 15.8 Å². The van der Waals surface area contributed by atoms with Crippen LogP contribution in [0.15, 0.2) is 47.5 Å². The number of aliphatic imine (C=N–C) groups is 1. The molecule has 29 heavy (non-hydrogen) atoms. The summed E-state index contributed by atoms with van der Waals surface area (Å²) in [6.07, 6.45) is 1.98. The fraction of sp³-hybridized carbons (Fsp3) is 0.318. The van der Waals surface area contributed by atoms with Crippen molar-refractivity contribution in [3.05, 3.63) is 64.7 Å². The number of fused-ring (bicyclic) bond motifs is 1. The molecule has 2 aromatic carbocycles. The first-order chi connectivity index (χ1) is 13.8. The van der Waals surface area contributed by atoms with Crippen LogP contribution in [0, 0.1) is 13.8 Å². The summed E-state index contributed by atoms with van der Waals surface area (Å²) in [4.78, 5) is 32.0. The van der Waals surface area contributed by atoms with Crippen LogP contribution in [0.25, 0.3) is 0 Å². The number of hydrogen-bond acceptors (Lipinski definition) is 5. The fourth-order valence-corrected chi connectivity index (χ4v) is 5.45. The molecule has 0 unspecified atom stereocenters. The van der Waals surface area contributed by atoms with Crippen LogP contribution >= 0.6 is 0 Å². The third-order valence-electron chi connectivity index (χ3n) is 5.62. The Morgan fingerprint density at radius 2 is 1.83 bits per heavy atom. The first-order valence-electron chi connectivity index (χ1n) is 9.55. The Morgan fingerprint density at radius 3 is 2.52 bits per heavy atom. The van der Waals surface area contributed by atoms with Gasteiger partial charge in [0.1, 0.15) is 0 Å². The lowest BCUT2D eigenvalue weighted by Crippen LogP contribution is -2.45. The maximum atomic E-state index is 13.3. The van der Waals surface area contributed by atoms with Crippen LogP contribution in [-0.2, 0) is 14.6 Å². The molecule has 6 nitrogen and oxygen atoms in total. The van der Waals surface area contributed by atoms with E-state index in [9.17, 15) is 18.0 Å². The van der Waals surface area contributed by atoms with Gasteiger partial charge in [0.25, 0.3) is 5.91 Å². The minimum absolute atomic E-state index is 0.00581. The number of anilines is 1. The van der Waals surface area contributed by atoms with Crippen molar-refractivity contribution < 1.29 is 18.0 Å². The molecule has 150 valence electrons. The maximum Gasteiger partial charge on any atom is 0.265 e. The second-order valence-corrected chi connectivity index (χ2v) is 9.90. The molecular formula is C22H22N2O4S. The van der Waals surface area contributed by atoms with Gasteiger partial charge in [0, 0.05) is 11.8 Å². The molecule has 0 aromatic heterocycles. The molecule has 2 aliphatic rings. The Balaban J connectivity index is 1.74. The lowest BCUT2D eigenvalue weighted by Gasteiger charge is -2.31. The SMILES string of the molecule is Cc1ccc(N2C(=O)c3ccccc3[C@@H](C=N[C@@H]3CCS(=O)(=O)C3)C2=O)cc1C. The van der Waals surface area contributed by atoms with Gasteiger partial charge in [0.15, 0.2) is 9.84 Å². The molecule has 0 radical (unpaired) electrons. The Morgan fingerprint density at radius 1 is 1.07 bits per heavy atom. The van der Waals surface area contributed by atoms with Gasteiger partial charge in [-0.25, -0.2) is 13.3 Å². The predicted molar refractivity (Wildman–Crippen MR) is 112 cm³/mol. The van der Waals surface area contributed by atoms with Crippen LogP contribution in [0.4, 0.5) is 5.69 Å². The van der Waals surface area contributed by atoms with Crippen LogP contribution in [0.3, 0.4) is 0 Å². The van der Waals surface area contributed by atoms with E-state index >= 15 is 0 Å². The van der Waals surface area contributed by atoms with Gasteiger partial charge >= 0.3 is 0 Å². The minimum atomic E-state index is -3.06. The Bertz CT molecular complexity index is 1140. The van der Waals surface area contributed by atoms with Crippen LogP contribution in [0.2, 0.25) is 0 Å². The highest BCUT2D eigenvalue weighted by molar-refractivity contribution is 7.91. The third kappa shape index (κ3) is 3.62. The number of carbonyl (C=O) groups excluding carboxylic acids is 2. The molecule has 0 bridgehead atoms. The Labute approximate surface area is 170 Å². The average molecular weight is 410 g/mol. The summed E-state index contributed by atoms with van der Waals surface area (Å²) in [5.41, 5.74) is 3.66. The van der Waals surface area contributed by atoms with Gasteiger partial charge in [-0.1, -0.05) is 24.3 Å². The summed E-state index contributed by atoms with van der Waals surface area (Å²) in [5.74, 6) is -1.33. The fourth-order valence-electron chi connectivity index (χ4n) is 3.81. The van der Waals surface area contributed by atoms with Gasteiger partial charge < -0.3 is 0 Å². The number of amides is 2. The molecule has 2 aromatic rings. The molecule has 7 heteroatoms. The van der Waals surface area contributed by atoms with Crippen molar-refractivity contribution in [3.8, 4) is 0 Å². The van der Waals surface area contributed by atoms with Gasteiger partial charge in [0.05, 0.1) is 29.2 Å². The molecule has 4 rings (SSSR count). The molecule has 2 heterocycles. The predicted octanol–water partition coefficient (Wildman–Crippen LogP) is 2.83. The van der Waals surface area contributed by atoms with E-state index in [-0.39, 0.29) is 29.4 Å². The third-order valence-corrected chi connectivity index (χ3v) is 7.37. The van der Waals surface area contributed by atoms with Crippen molar-refractivity contribution >= 4 is 33.6 Å². The van der Waals surface area contributed by atoms with Gasteiger partial charge in [0.2, 0.25) is 5.91 Å². The highest BCUT2D eigenvalue weighted by Crippen LogP contribution is 2.33. The van der Waals surface area contributed by atoms with Gasteiger partial charge in [-0.2, -0.15) is 0 Å². The van der Waals surface area contributed by atoms with Crippen molar-refractivity contribution in [2.24, 2.45) is 4.99 Å². The van der Waals surface area contributed by atoms with Crippen LogP contribution in [0.1, 0.15) is 39.4 Å². The maximum absolute atomic E-state index is 13.3. The normalized spacial score (nSPS) is 23.6. The summed E-state index contributed by atoms with van der Waals surface area (Å²) in [6.45, 7) is 3.91. The highest BCUT2D eigenvalue weighted by Gasteiger charge is 2.39. The largest absolute Gasteiger partial charge is 0.292 e. The second kappa shape index (κ2) is 7.22. The smallest absolute Gasteiger partial charge is 0.265 e. The minimum Gasteiger partial charge on any atom is -0.292 e. The van der Waals surface area contributed by atoms with Crippen molar-refractivity contribution in [1.82, 2.24) is 0 Å². The number of nitrogens with zero attached hydrogens (tertiary/aromatic N) is 2. The van der Waals surface area contributed by atoms with Crippen LogP contribution in [0.5, 0.6) is 0 Å². The van der Waals surface area contributed by atoms with Gasteiger partial charge in [-0.05, 0) is 55.2 Å². The monoisotopic (exact) mass is 410 g/mol. The summed E-state index contributed by atoms with van der Waals surface area (Å²) in [5, 5.41) is 0. The number of imide groups is 1. The van der Waals surface area contributed by atoms with Gasteiger partial charge in [-0.15, -0.1) is 0 Å². The lowest BCUT2D eigenvalue weighted by atomic mass is 9.88. The van der Waals surface area contributed by atoms with Crippen molar-refractivity contribution in [3.63, 3.8) is 0 Å². The highest BCUT2D eigenvalue weighted by atomic mass is 32.2. The zero-order chi connectivity index (χ0) is 20.8. The van der Waals surface area contributed by atoms with E-state index in [0.29, 0.717) is 23.2 Å². The van der Waals surface area contributed by atoms with Crippen LogP contribution in [-0.4, -0.2) is 44.0 Å². The summed E-state index contributed by atoms with van der Waals surface area (Å²) in [6, 6.07) is 12.2. The van der Waals surface area contributed by atoms with Crippen molar-refractivity contribution in [2.45, 2.75) is 32.2 Å². The number of carbonyl (C=O) groups is 2. The molecule has 0 N–H and O–H groups in total. The second-order valence-electron chi connectivity index (χ2n) is 7.67. The molecule has 1 fully saturated rings. The van der Waals surface area contributed by atoms with E-state index in [0.717, 1.165) is 11.1 Å². The van der Waals surface area contributed by atoms with Crippen molar-refractivity contribution in [2.75, 3.05) is 16.4 Å². The quantitative estimate of drug-likeness (QED) is 0.575. The zero-order valence-electron chi connectivity index (χ0n) is 16.3. The lowest BCUT2D eigenvalue weighted by molar-refractivity contribution is -0.118. The van der Waals surface area contributed by atoms with E-state index in [2.05, 4.69) is 4.99 Å². The topological polar surface area (TPSA) is 83.9 Å². The first-order valence-corrected chi connectivity index (χ1v) is 11.4. The number of sulfone groups is 1. The van der Waals surface area contributed by atoms with Gasteiger partial charge in [-0.3, -0.25) is 14.6 Å². The Hall–Kier alpha value is -2.80. The number of hydrogen-bond donors (Lipinski definition) is 0. The number of rotatable bonds is 3. The molecule has 2 aliphatic heterocycles. The molecule has 2 atom stereocenters. The van der Waals surface area contributed by atoms with E-state index in [1.54, 1.807) is 30.3 Å². The molecule has 2 amide bonds. The number of aryl methyl sites for hydroxylation is 2. The average Bonchev–Trinajstić information content (AvgIpc) is 3.03. The van der Waals surface area contributed by atoms with E-state index in [4.69, 9.17) is 0 Å². The summed E-state index contributed by atoms with van der Waals surface area (Å²) in [7, 11) is -3.06. The van der Waals surface area contributed by atoms with Crippen LogP contribution < -0.4 is 4.90 Å². The molecule has 0 spiro atoms. The molecular weight excluding hydrogens is 388 g/mol. The van der Waals surface area contributed by atoms with E-state index in [1.165, 1.54) is 11.1 Å². The molecule has 0 aliphatic carbocycles. The first kappa shape index (κ1) is 19.5. The van der Waals surface area contributed by atoms with Crippen molar-refractivity contribution in [1.29, 1.82) is 0 Å². The summed E-state index contributed by atoms with van der Waals surface area (Å²) < 4.78 is 23.4. The standard InChI is InChI=1S/C22H22N2O4S/c1-14-7-8-17(11-15(14)2)24-21(25)19-6-4-3-5-18(19)20(22(24)26)12-23-16-9-10-29(27,28)13-16/h3-8,11-12,16,20H,9-10,13H2,1-2H3/t16-,20-/m1/s1.